The Balaban J connectivity index is 1.85. The monoisotopic (exact) mass is 326 g/mol. The van der Waals surface area contributed by atoms with Gasteiger partial charge in [0.2, 0.25) is 0 Å². The molecule has 2 rings (SSSR count). The van der Waals surface area contributed by atoms with Gasteiger partial charge in [-0.2, -0.15) is 8.78 Å². The Morgan fingerprint density at radius 1 is 1.14 bits per heavy atom. The predicted octanol–water partition coefficient (Wildman–Crippen LogP) is 4.26. The van der Waals surface area contributed by atoms with Crippen LogP contribution < -0.4 is 15.4 Å². The summed E-state index contributed by atoms with van der Waals surface area (Å²) in [5.41, 5.74) is 1.25. The summed E-state index contributed by atoms with van der Waals surface area (Å²) in [6.07, 6.45) is 0. The smallest absolute Gasteiger partial charge is 0.387 e. The van der Waals surface area contributed by atoms with E-state index >= 15 is 0 Å². The second-order valence-corrected chi connectivity index (χ2v) is 4.71. The fourth-order valence-electron chi connectivity index (χ4n) is 1.71. The van der Waals surface area contributed by atoms with Crippen molar-refractivity contribution in [1.82, 2.24) is 5.32 Å². The Bertz CT molecular complexity index is 636. The van der Waals surface area contributed by atoms with Crippen molar-refractivity contribution in [2.45, 2.75) is 13.2 Å². The lowest BCUT2D eigenvalue weighted by atomic mass is 10.2. The van der Waals surface area contributed by atoms with E-state index < -0.39 is 12.6 Å². The summed E-state index contributed by atoms with van der Waals surface area (Å²) in [6.45, 7) is -2.60. The zero-order valence-electron chi connectivity index (χ0n) is 11.4. The van der Waals surface area contributed by atoms with Crippen LogP contribution in [0.3, 0.4) is 0 Å². The molecule has 0 aliphatic rings. The van der Waals surface area contributed by atoms with E-state index in [-0.39, 0.29) is 12.3 Å². The second kappa shape index (κ2) is 7.61. The molecule has 0 saturated heterocycles. The van der Waals surface area contributed by atoms with Crippen LogP contribution in [0.1, 0.15) is 5.56 Å². The minimum Gasteiger partial charge on any atom is -0.435 e. The summed E-state index contributed by atoms with van der Waals surface area (Å²) < 4.78 is 28.2. The number of amides is 2. The van der Waals surface area contributed by atoms with Crippen LogP contribution in [0, 0.1) is 0 Å². The minimum absolute atomic E-state index is 0.0250. The fraction of sp³-hybridized carbons (Fsp3) is 0.133. The van der Waals surface area contributed by atoms with Gasteiger partial charge in [0, 0.05) is 17.3 Å². The fourth-order valence-corrected chi connectivity index (χ4v) is 1.91. The van der Waals surface area contributed by atoms with Crippen LogP contribution in [-0.2, 0) is 6.54 Å². The Morgan fingerprint density at radius 2 is 1.82 bits per heavy atom. The van der Waals surface area contributed by atoms with Gasteiger partial charge in [0.1, 0.15) is 5.75 Å². The van der Waals surface area contributed by atoms with Crippen LogP contribution in [0.5, 0.6) is 5.75 Å². The molecule has 0 aliphatic carbocycles. The maximum atomic E-state index is 12.0. The highest BCUT2D eigenvalue weighted by atomic mass is 35.5. The van der Waals surface area contributed by atoms with E-state index in [0.29, 0.717) is 10.7 Å². The molecule has 2 amide bonds. The first-order chi connectivity index (χ1) is 10.5. The zero-order chi connectivity index (χ0) is 15.9. The number of carbonyl (C=O) groups excluding carboxylic acids is 1. The van der Waals surface area contributed by atoms with Gasteiger partial charge < -0.3 is 15.4 Å². The molecule has 2 N–H and O–H groups in total. The highest BCUT2D eigenvalue weighted by Crippen LogP contribution is 2.18. The topological polar surface area (TPSA) is 50.4 Å². The molecule has 0 saturated carbocycles. The number of anilines is 1. The first kappa shape index (κ1) is 16.0. The molecular weight excluding hydrogens is 314 g/mol. The molecule has 0 atom stereocenters. The number of alkyl halides is 2. The summed E-state index contributed by atoms with van der Waals surface area (Å²) in [4.78, 5) is 11.7. The van der Waals surface area contributed by atoms with Crippen LogP contribution in [0.15, 0.2) is 48.5 Å². The van der Waals surface area contributed by atoms with E-state index in [1.54, 1.807) is 18.2 Å². The van der Waals surface area contributed by atoms with Crippen molar-refractivity contribution in [3.63, 3.8) is 0 Å². The van der Waals surface area contributed by atoms with Crippen LogP contribution >= 0.6 is 11.6 Å². The summed E-state index contributed by atoms with van der Waals surface area (Å²) in [7, 11) is 0. The summed E-state index contributed by atoms with van der Waals surface area (Å²) in [5, 5.41) is 5.79. The molecule has 0 spiro atoms. The maximum absolute atomic E-state index is 12.0. The number of ether oxygens (including phenoxy) is 1. The minimum atomic E-state index is -2.88. The van der Waals surface area contributed by atoms with Gasteiger partial charge in [-0.25, -0.2) is 4.79 Å². The third-order valence-corrected chi connectivity index (χ3v) is 3.10. The molecule has 0 bridgehead atoms. The Morgan fingerprint density at radius 3 is 2.45 bits per heavy atom. The normalized spacial score (nSPS) is 10.4. The molecule has 0 aliphatic heterocycles. The standard InChI is InChI=1S/C15H13ClF2N2O2/c16-13-4-2-1-3-10(13)9-19-15(21)20-11-5-7-12(8-6-11)22-14(17)18/h1-8,14H,9H2,(H2,19,20,21). The van der Waals surface area contributed by atoms with Gasteiger partial charge in [-0.3, -0.25) is 0 Å². The SMILES string of the molecule is O=C(NCc1ccccc1Cl)Nc1ccc(OC(F)F)cc1. The zero-order valence-corrected chi connectivity index (χ0v) is 12.1. The number of urea groups is 1. The number of halogens is 3. The van der Waals surface area contributed by atoms with Gasteiger partial charge in [0.05, 0.1) is 0 Å². The van der Waals surface area contributed by atoms with E-state index in [4.69, 9.17) is 11.6 Å². The number of benzene rings is 2. The van der Waals surface area contributed by atoms with Gasteiger partial charge in [0.25, 0.3) is 0 Å². The van der Waals surface area contributed by atoms with Gasteiger partial charge in [-0.15, -0.1) is 0 Å². The first-order valence-corrected chi connectivity index (χ1v) is 6.75. The van der Waals surface area contributed by atoms with Gasteiger partial charge >= 0.3 is 12.6 Å². The maximum Gasteiger partial charge on any atom is 0.387 e. The first-order valence-electron chi connectivity index (χ1n) is 6.38. The van der Waals surface area contributed by atoms with Crippen molar-refractivity contribution in [1.29, 1.82) is 0 Å². The lowest BCUT2D eigenvalue weighted by molar-refractivity contribution is -0.0498. The highest BCUT2D eigenvalue weighted by Gasteiger charge is 2.06. The van der Waals surface area contributed by atoms with Gasteiger partial charge in [-0.1, -0.05) is 29.8 Å². The van der Waals surface area contributed by atoms with E-state index in [9.17, 15) is 13.6 Å². The van der Waals surface area contributed by atoms with Crippen molar-refractivity contribution in [3.05, 3.63) is 59.1 Å². The second-order valence-electron chi connectivity index (χ2n) is 4.30. The number of hydrogen-bond acceptors (Lipinski definition) is 2. The molecule has 2 aromatic carbocycles. The van der Waals surface area contributed by atoms with Crippen molar-refractivity contribution >= 4 is 23.3 Å². The molecule has 0 fully saturated rings. The average molecular weight is 327 g/mol. The third kappa shape index (κ3) is 4.89. The molecule has 116 valence electrons. The van der Waals surface area contributed by atoms with Gasteiger partial charge in [0.15, 0.2) is 0 Å². The van der Waals surface area contributed by atoms with E-state index in [1.165, 1.54) is 24.3 Å². The van der Waals surface area contributed by atoms with E-state index in [1.807, 2.05) is 6.07 Å². The number of carbonyl (C=O) groups is 1. The van der Waals surface area contributed by atoms with E-state index in [0.717, 1.165) is 5.56 Å². The predicted molar refractivity (Wildman–Crippen MR) is 80.4 cm³/mol. The molecule has 0 heterocycles. The van der Waals surface area contributed by atoms with Crippen molar-refractivity contribution in [2.75, 3.05) is 5.32 Å². The molecule has 22 heavy (non-hydrogen) atoms. The highest BCUT2D eigenvalue weighted by molar-refractivity contribution is 6.31. The van der Waals surface area contributed by atoms with Crippen LogP contribution in [0.4, 0.5) is 19.3 Å². The summed E-state index contributed by atoms with van der Waals surface area (Å²) >= 11 is 5.98. The summed E-state index contributed by atoms with van der Waals surface area (Å²) in [6, 6.07) is 12.3. The molecule has 0 aromatic heterocycles. The largest absolute Gasteiger partial charge is 0.435 e. The molecule has 7 heteroatoms. The molecular formula is C15H13ClF2N2O2. The quantitative estimate of drug-likeness (QED) is 0.862. The number of rotatable bonds is 5. The lowest BCUT2D eigenvalue weighted by Gasteiger charge is -2.09. The van der Waals surface area contributed by atoms with Crippen LogP contribution in [0.25, 0.3) is 0 Å². The lowest BCUT2D eigenvalue weighted by Crippen LogP contribution is -2.28. The number of nitrogens with one attached hydrogen (secondary N) is 2. The average Bonchev–Trinajstić information content (AvgIpc) is 2.48. The van der Waals surface area contributed by atoms with Gasteiger partial charge in [-0.05, 0) is 35.9 Å². The Hall–Kier alpha value is -2.34. The third-order valence-electron chi connectivity index (χ3n) is 2.73. The van der Waals surface area contributed by atoms with Crippen molar-refractivity contribution < 1.29 is 18.3 Å². The molecule has 2 aromatic rings. The van der Waals surface area contributed by atoms with Crippen LogP contribution in [0.2, 0.25) is 5.02 Å². The van der Waals surface area contributed by atoms with Crippen LogP contribution in [-0.4, -0.2) is 12.6 Å². The molecule has 0 radical (unpaired) electrons. The molecule has 0 unspecified atom stereocenters. The summed E-state index contributed by atoms with van der Waals surface area (Å²) in [5.74, 6) is 0.0250. The Kier molecular flexibility index (Phi) is 5.55. The van der Waals surface area contributed by atoms with Crippen molar-refractivity contribution in [3.8, 4) is 5.75 Å². The van der Waals surface area contributed by atoms with Crippen molar-refractivity contribution in [2.24, 2.45) is 0 Å². The number of hydrogen-bond donors (Lipinski definition) is 2. The van der Waals surface area contributed by atoms with E-state index in [2.05, 4.69) is 15.4 Å². The Labute approximate surface area is 131 Å². The molecule has 4 nitrogen and oxygen atoms in total.